The van der Waals surface area contributed by atoms with E-state index in [1.165, 1.54) is 12.0 Å². The van der Waals surface area contributed by atoms with Crippen molar-refractivity contribution in [3.05, 3.63) is 48.0 Å². The number of carbonyl (C=O) groups is 1. The molecule has 1 amide bonds. The third kappa shape index (κ3) is 16.4. The highest BCUT2D eigenvalue weighted by Crippen LogP contribution is 2.05. The molecule has 0 saturated heterocycles. The van der Waals surface area contributed by atoms with Crippen molar-refractivity contribution in [2.75, 3.05) is 6.54 Å². The lowest BCUT2D eigenvalue weighted by Crippen LogP contribution is -2.12. The Kier molecular flexibility index (Phi) is 15.1. The number of nitrogens with one attached hydrogen (secondary N) is 1. The van der Waals surface area contributed by atoms with E-state index in [4.69, 9.17) is 0 Å². The van der Waals surface area contributed by atoms with Gasteiger partial charge in [-0.15, -0.1) is 0 Å². The lowest BCUT2D eigenvalue weighted by atomic mass is 10.0. The van der Waals surface area contributed by atoms with Crippen molar-refractivity contribution < 1.29 is 4.79 Å². The maximum absolute atomic E-state index is 9.56. The summed E-state index contributed by atoms with van der Waals surface area (Å²) in [5.41, 5.74) is 2.41. The predicted octanol–water partition coefficient (Wildman–Crippen LogP) is 4.22. The smallest absolute Gasteiger partial charge is 0.207 e. The first-order valence-electron chi connectivity index (χ1n) is 6.91. The molecule has 0 aliphatic heterocycles. The van der Waals surface area contributed by atoms with Crippen LogP contribution in [0.5, 0.6) is 0 Å². The summed E-state index contributed by atoms with van der Waals surface area (Å²) in [7, 11) is 0. The van der Waals surface area contributed by atoms with E-state index in [1.54, 1.807) is 0 Å². The van der Waals surface area contributed by atoms with Gasteiger partial charge in [-0.25, -0.2) is 0 Å². The zero-order valence-corrected chi connectivity index (χ0v) is 13.1. The Hall–Kier alpha value is -1.57. The number of hydrogen-bond donors (Lipinski definition) is 1. The molecule has 0 saturated carbocycles. The van der Waals surface area contributed by atoms with Crippen molar-refractivity contribution in [3.8, 4) is 0 Å². The molecule has 0 radical (unpaired) electrons. The number of amides is 1. The third-order valence-electron chi connectivity index (χ3n) is 1.97. The monoisotopic (exact) mass is 263 g/mol. The summed E-state index contributed by atoms with van der Waals surface area (Å²) < 4.78 is 0. The zero-order chi connectivity index (χ0) is 15.1. The van der Waals surface area contributed by atoms with Gasteiger partial charge in [0.05, 0.1) is 0 Å². The number of hydrogen-bond acceptors (Lipinski definition) is 1. The van der Waals surface area contributed by atoms with Crippen molar-refractivity contribution in [2.24, 2.45) is 5.92 Å². The van der Waals surface area contributed by atoms with Gasteiger partial charge >= 0.3 is 0 Å². The van der Waals surface area contributed by atoms with Crippen LogP contribution in [0.25, 0.3) is 0 Å². The highest BCUT2D eigenvalue weighted by molar-refractivity contribution is 5.46. The van der Waals surface area contributed by atoms with Gasteiger partial charge in [0, 0.05) is 6.54 Å². The molecular formula is C17H29NO. The van der Waals surface area contributed by atoms with E-state index in [2.05, 4.69) is 56.1 Å². The van der Waals surface area contributed by atoms with E-state index in [0.717, 1.165) is 11.5 Å². The standard InChI is InChI=1S/C10H14.C5H9NO.C2H6/c1-9(2)8-10-6-4-3-5-7-10;1-5(2)3-6-4-7;1-2/h3-7,9H,8H2,1-2H3;4H,1,3H2,2H3,(H,6,7);1-2H3. The van der Waals surface area contributed by atoms with Crippen molar-refractivity contribution in [1.82, 2.24) is 5.32 Å². The summed E-state index contributed by atoms with van der Waals surface area (Å²) in [6, 6.07) is 10.6. The minimum Gasteiger partial charge on any atom is -0.355 e. The molecule has 1 aromatic rings. The highest BCUT2D eigenvalue weighted by atomic mass is 16.1. The topological polar surface area (TPSA) is 29.1 Å². The maximum atomic E-state index is 9.56. The summed E-state index contributed by atoms with van der Waals surface area (Å²) in [4.78, 5) is 9.56. The molecule has 0 unspecified atom stereocenters. The van der Waals surface area contributed by atoms with Gasteiger partial charge in [-0.2, -0.15) is 0 Å². The van der Waals surface area contributed by atoms with Crippen LogP contribution in [0.2, 0.25) is 0 Å². The molecule has 19 heavy (non-hydrogen) atoms. The summed E-state index contributed by atoms with van der Waals surface area (Å²) in [6.45, 7) is 14.5. The molecule has 0 aliphatic carbocycles. The van der Waals surface area contributed by atoms with Gasteiger partial charge in [-0.3, -0.25) is 4.79 Å². The van der Waals surface area contributed by atoms with Gasteiger partial charge in [0.1, 0.15) is 0 Å². The predicted molar refractivity (Wildman–Crippen MR) is 85.2 cm³/mol. The van der Waals surface area contributed by atoms with E-state index >= 15 is 0 Å². The SMILES string of the molecule is C=C(C)CNC=O.CC.CC(C)Cc1ccccc1. The molecule has 108 valence electrons. The molecule has 0 aromatic heterocycles. The highest BCUT2D eigenvalue weighted by Gasteiger charge is 1.94. The van der Waals surface area contributed by atoms with Crippen LogP contribution in [0.4, 0.5) is 0 Å². The van der Waals surface area contributed by atoms with Gasteiger partial charge in [-0.05, 0) is 24.8 Å². The minimum atomic E-state index is 0.587. The van der Waals surface area contributed by atoms with Crippen LogP contribution in [0.1, 0.15) is 40.2 Å². The van der Waals surface area contributed by atoms with Gasteiger partial charge < -0.3 is 5.32 Å². The first-order valence-corrected chi connectivity index (χ1v) is 6.91. The Balaban J connectivity index is 0. The fourth-order valence-electron chi connectivity index (χ4n) is 1.30. The maximum Gasteiger partial charge on any atom is 0.207 e. The normalized spacial score (nSPS) is 8.53. The lowest BCUT2D eigenvalue weighted by molar-refractivity contribution is -0.109. The lowest BCUT2D eigenvalue weighted by Gasteiger charge is -2.02. The molecule has 0 spiro atoms. The number of carbonyl (C=O) groups excluding carboxylic acids is 1. The number of rotatable bonds is 5. The zero-order valence-electron chi connectivity index (χ0n) is 13.1. The summed E-state index contributed by atoms with van der Waals surface area (Å²) >= 11 is 0. The molecule has 0 fully saturated rings. The molecular weight excluding hydrogens is 234 g/mol. The molecule has 0 bridgehead atoms. The molecule has 0 aliphatic rings. The van der Waals surface area contributed by atoms with Crippen LogP contribution >= 0.6 is 0 Å². The quantitative estimate of drug-likeness (QED) is 0.625. The summed E-state index contributed by atoms with van der Waals surface area (Å²) in [6.07, 6.45) is 1.86. The second kappa shape index (κ2) is 14.5. The Morgan fingerprint density at radius 3 is 2.11 bits per heavy atom. The largest absolute Gasteiger partial charge is 0.355 e. The van der Waals surface area contributed by atoms with E-state index in [-0.39, 0.29) is 0 Å². The molecule has 1 N–H and O–H groups in total. The van der Waals surface area contributed by atoms with E-state index in [0.29, 0.717) is 13.0 Å². The molecule has 2 heteroatoms. The number of benzene rings is 1. The fraction of sp³-hybridized carbons (Fsp3) is 0.471. The molecule has 2 nitrogen and oxygen atoms in total. The molecule has 1 rings (SSSR count). The average Bonchev–Trinajstić information content (AvgIpc) is 2.40. The molecule has 0 heterocycles. The third-order valence-corrected chi connectivity index (χ3v) is 1.97. The molecule has 1 aromatic carbocycles. The summed E-state index contributed by atoms with van der Waals surface area (Å²) in [5.74, 6) is 0.766. The van der Waals surface area contributed by atoms with Crippen LogP contribution < -0.4 is 5.32 Å². The fourth-order valence-corrected chi connectivity index (χ4v) is 1.30. The van der Waals surface area contributed by atoms with E-state index in [9.17, 15) is 4.79 Å². The van der Waals surface area contributed by atoms with Gasteiger partial charge in [-0.1, -0.05) is 70.2 Å². The Labute approximate surface area is 118 Å². The molecule has 0 atom stereocenters. The van der Waals surface area contributed by atoms with Gasteiger partial charge in [0.2, 0.25) is 6.41 Å². The first kappa shape index (κ1) is 19.8. The van der Waals surface area contributed by atoms with Crippen molar-refractivity contribution >= 4 is 6.41 Å². The van der Waals surface area contributed by atoms with E-state index < -0.39 is 0 Å². The average molecular weight is 263 g/mol. The van der Waals surface area contributed by atoms with Crippen LogP contribution in [-0.4, -0.2) is 13.0 Å². The van der Waals surface area contributed by atoms with Crippen molar-refractivity contribution in [1.29, 1.82) is 0 Å². The van der Waals surface area contributed by atoms with Crippen LogP contribution in [0.15, 0.2) is 42.5 Å². The second-order valence-electron chi connectivity index (χ2n) is 4.54. The van der Waals surface area contributed by atoms with Crippen molar-refractivity contribution in [3.63, 3.8) is 0 Å². The Bertz CT molecular complexity index is 317. The van der Waals surface area contributed by atoms with Gasteiger partial charge in [0.15, 0.2) is 0 Å². The van der Waals surface area contributed by atoms with Crippen LogP contribution in [0, 0.1) is 5.92 Å². The second-order valence-corrected chi connectivity index (χ2v) is 4.54. The first-order chi connectivity index (χ1) is 9.06. The Morgan fingerprint density at radius 2 is 1.79 bits per heavy atom. The summed E-state index contributed by atoms with van der Waals surface area (Å²) in [5, 5.41) is 2.47. The van der Waals surface area contributed by atoms with Gasteiger partial charge in [0.25, 0.3) is 0 Å². The minimum absolute atomic E-state index is 0.587. The Morgan fingerprint density at radius 1 is 1.26 bits per heavy atom. The van der Waals surface area contributed by atoms with Crippen LogP contribution in [0.3, 0.4) is 0 Å². The van der Waals surface area contributed by atoms with E-state index in [1.807, 2.05) is 20.8 Å². The van der Waals surface area contributed by atoms with Crippen molar-refractivity contribution in [2.45, 2.75) is 41.0 Å². The van der Waals surface area contributed by atoms with Crippen LogP contribution in [-0.2, 0) is 11.2 Å².